The van der Waals surface area contributed by atoms with Crippen molar-refractivity contribution >= 4 is 126 Å². The van der Waals surface area contributed by atoms with E-state index in [0.717, 1.165) is 174 Å². The average Bonchev–Trinajstić information content (AvgIpc) is 1.61. The van der Waals surface area contributed by atoms with Crippen LogP contribution < -0.4 is 0 Å². The Kier molecular flexibility index (Phi) is 31.4. The minimum absolute atomic E-state index is 0.111. The minimum atomic E-state index is -0.477. The number of hydrogen-bond acceptors (Lipinski definition) is 25. The van der Waals surface area contributed by atoms with E-state index in [-0.39, 0.29) is 65.7 Å². The van der Waals surface area contributed by atoms with Crippen LogP contribution in [0.3, 0.4) is 0 Å². The maximum absolute atomic E-state index is 13.6. The van der Waals surface area contributed by atoms with Crippen molar-refractivity contribution in [3.63, 3.8) is 0 Å². The van der Waals surface area contributed by atoms with Gasteiger partial charge in [0.2, 0.25) is 0 Å². The number of rotatable bonds is 16. The second-order valence-electron chi connectivity index (χ2n) is 44.7. The standard InChI is InChI=1S/C25H30N4OS.C24H28N4OS.C23H25ClN4OS.C23H25FN4OS.C23H26N4OS/c1-8-17-9-11-18(12-10-17)22-21-14(2)15(3)31-24(21)29-16(4)27-28-23(29)19(26-22)13-20(30)25(5,6)7;1-13-8-10-17(11-9-13)21-20-14(2)15(3)30-23(20)28-16(4)26-27-22(28)18(25-21)12-19(29)24(5,6)7;2*1-12-13(2)30-22-19(12)20(15-7-9-16(24)10-8-15)25-17(11-18(29)23(4,5)6)21-27-26-14(3)28(21)22;1-13-14(2)29-22-19(13)20(16-10-8-7-9-11-16)24-17(12-18(28)23(4,5)6)21-26-25-15(3)27(21)22/h9-12,19H,8,13H2,1-7H3;8-11,18H,12H2,1-7H3;2*7-10,17H,11H2,1-6H3;7-11,17H,12H2,1-6H3/t19-;18-;3*17-/m00000/s1. The first-order valence-corrected chi connectivity index (χ1v) is 55.4. The monoisotopic (exact) mass is 2120 g/mol. The van der Waals surface area contributed by atoms with Gasteiger partial charge in [-0.05, 0) is 187 Å². The maximum Gasteiger partial charge on any atom is 0.163 e. The Morgan fingerprint density at radius 1 is 0.280 bits per heavy atom. The Morgan fingerprint density at radius 3 is 0.693 bits per heavy atom. The Bertz CT molecular complexity index is 7490. The molecule has 15 aromatic rings. The summed E-state index contributed by atoms with van der Waals surface area (Å²) in [5.41, 5.74) is 21.1. The Labute approximate surface area is 903 Å². The molecular weight excluding hydrogens is 1990 g/mol. The van der Waals surface area contributed by atoms with Crippen LogP contribution in [-0.2, 0) is 30.4 Å². The van der Waals surface area contributed by atoms with Crippen molar-refractivity contribution in [3.8, 4) is 25.0 Å². The summed E-state index contributed by atoms with van der Waals surface area (Å²) in [5.74, 6) is 8.13. The highest BCUT2D eigenvalue weighted by Gasteiger charge is 2.43. The van der Waals surface area contributed by atoms with Gasteiger partial charge in [0.05, 0.1) is 28.6 Å². The quantitative estimate of drug-likeness (QED) is 0.0868. The number of nitrogens with zero attached hydrogens (tertiary/aromatic N) is 20. The summed E-state index contributed by atoms with van der Waals surface area (Å²) < 4.78 is 24.0. The molecule has 0 saturated heterocycles. The van der Waals surface area contributed by atoms with Gasteiger partial charge in [0.25, 0.3) is 0 Å². The van der Waals surface area contributed by atoms with Gasteiger partial charge in [0, 0.05) is 144 Å². The van der Waals surface area contributed by atoms with E-state index in [1.165, 1.54) is 69.9 Å². The van der Waals surface area contributed by atoms with E-state index in [0.29, 0.717) is 30.1 Å². The van der Waals surface area contributed by atoms with Gasteiger partial charge >= 0.3 is 0 Å². The molecule has 0 amide bonds. The number of hydrogen-bond donors (Lipinski definition) is 0. The Hall–Kier alpha value is -12.8. The molecule has 0 saturated carbocycles. The molecule has 0 N–H and O–H groups in total. The Balaban J connectivity index is 0.000000133. The van der Waals surface area contributed by atoms with E-state index in [1.54, 1.807) is 68.8 Å². The first-order chi connectivity index (χ1) is 70.5. The molecule has 5 aliphatic heterocycles. The minimum Gasteiger partial charge on any atom is -0.299 e. The summed E-state index contributed by atoms with van der Waals surface area (Å²) in [6.07, 6.45) is 2.45. The highest BCUT2D eigenvalue weighted by molar-refractivity contribution is 7.16. The highest BCUT2D eigenvalue weighted by Crippen LogP contribution is 2.49. The third-order valence-electron chi connectivity index (χ3n) is 28.5. The zero-order chi connectivity index (χ0) is 109. The van der Waals surface area contributed by atoms with Crippen molar-refractivity contribution in [1.82, 2.24) is 73.8 Å². The molecule has 32 heteroatoms. The van der Waals surface area contributed by atoms with E-state index < -0.39 is 39.2 Å². The van der Waals surface area contributed by atoms with Crippen molar-refractivity contribution in [3.05, 3.63) is 315 Å². The molecule has 10 aromatic heterocycles. The normalized spacial score (nSPS) is 16.0. The number of ketones is 5. The Morgan fingerprint density at radius 2 is 0.480 bits per heavy atom. The summed E-state index contributed by atoms with van der Waals surface area (Å²) in [6.45, 7) is 64.4. The van der Waals surface area contributed by atoms with E-state index in [9.17, 15) is 28.4 Å². The average molecular weight is 2130 g/mol. The number of fused-ring (bicyclic) bond motifs is 15. The van der Waals surface area contributed by atoms with Crippen LogP contribution in [0.1, 0.15) is 350 Å². The van der Waals surface area contributed by atoms with E-state index in [2.05, 4.69) is 213 Å². The van der Waals surface area contributed by atoms with E-state index in [1.807, 2.05) is 186 Å². The van der Waals surface area contributed by atoms with Crippen LogP contribution in [0.2, 0.25) is 5.02 Å². The number of aliphatic imine (C=N–C) groups is 5. The number of benzene rings is 5. The first kappa shape index (κ1) is 110. The third-order valence-corrected chi connectivity index (χ3v) is 34.7. The van der Waals surface area contributed by atoms with Gasteiger partial charge in [-0.2, -0.15) is 0 Å². The van der Waals surface area contributed by atoms with Crippen molar-refractivity contribution < 1.29 is 28.4 Å². The van der Waals surface area contributed by atoms with Gasteiger partial charge in [0.1, 0.15) is 119 Å². The molecule has 15 heterocycles. The van der Waals surface area contributed by atoms with Crippen LogP contribution >= 0.6 is 68.3 Å². The molecule has 0 radical (unpaired) electrons. The lowest BCUT2D eigenvalue weighted by Gasteiger charge is -2.19. The molecule has 5 aliphatic rings. The van der Waals surface area contributed by atoms with Gasteiger partial charge in [-0.3, -0.25) is 71.8 Å². The van der Waals surface area contributed by atoms with Gasteiger partial charge < -0.3 is 0 Å². The molecule has 25 nitrogen and oxygen atoms in total. The van der Waals surface area contributed by atoms with Crippen molar-refractivity contribution in [2.75, 3.05) is 0 Å². The zero-order valence-corrected chi connectivity index (χ0v) is 96.9. The number of carbonyl (C=O) groups excluding carboxylic acids is 5. The maximum atomic E-state index is 13.6. The zero-order valence-electron chi connectivity index (χ0n) is 92.0. The van der Waals surface area contributed by atoms with Crippen LogP contribution in [0.4, 0.5) is 4.39 Å². The van der Waals surface area contributed by atoms with E-state index in [4.69, 9.17) is 36.6 Å². The molecule has 5 aromatic carbocycles. The first-order valence-electron chi connectivity index (χ1n) is 50.9. The van der Waals surface area contributed by atoms with Crippen LogP contribution in [-0.4, -0.2) is 131 Å². The summed E-state index contributed by atoms with van der Waals surface area (Å²) in [5, 5.41) is 50.0. The molecule has 0 unspecified atom stereocenters. The molecule has 0 spiro atoms. The largest absolute Gasteiger partial charge is 0.299 e. The molecule has 150 heavy (non-hydrogen) atoms. The molecule has 0 aliphatic carbocycles. The molecule has 780 valence electrons. The SMILES string of the molecule is CCc1ccc(C2=N[C@@H](CC(=O)C(C)(C)C)c3nnc(C)n3-c3sc(C)c(C)c32)cc1.Cc1ccc(C2=N[C@@H](CC(=O)C(C)(C)C)c3nnc(C)n3-c3sc(C)c(C)c32)cc1.Cc1sc2c(c1C)C(c1ccc(Cl)cc1)=N[C@@H](CC(=O)C(C)(C)C)c1nnc(C)n1-2.Cc1sc2c(c1C)C(c1ccc(F)cc1)=N[C@@H](CC(=O)C(C)(C)C)c1nnc(C)n1-2.Cc1sc2c(c1C)C(c1ccccc1)=N[C@@H](CC(=O)C(C)(C)C)c1nnc(C)n1-2. The van der Waals surface area contributed by atoms with Crippen molar-refractivity contribution in [1.29, 1.82) is 0 Å². The highest BCUT2D eigenvalue weighted by atomic mass is 35.5. The summed E-state index contributed by atoms with van der Waals surface area (Å²) >= 11 is 14.7. The number of aromatic nitrogens is 15. The third kappa shape index (κ3) is 22.1. The second-order valence-corrected chi connectivity index (χ2v) is 51.1. The predicted octanol–water partition coefficient (Wildman–Crippen LogP) is 27.4. The van der Waals surface area contributed by atoms with Gasteiger partial charge in [-0.1, -0.05) is 219 Å². The van der Waals surface area contributed by atoms with Gasteiger partial charge in [-0.25, -0.2) is 4.39 Å². The van der Waals surface area contributed by atoms with Crippen molar-refractivity contribution in [2.24, 2.45) is 52.0 Å². The summed E-state index contributed by atoms with van der Waals surface area (Å²) in [6, 6.07) is 39.4. The lowest BCUT2D eigenvalue weighted by Crippen LogP contribution is -2.23. The number of carbonyl (C=O) groups is 5. The predicted molar refractivity (Wildman–Crippen MR) is 606 cm³/mol. The van der Waals surface area contributed by atoms with Gasteiger partial charge in [-0.15, -0.1) is 108 Å². The molecular formula is C118H134ClFN20O5S5. The van der Waals surface area contributed by atoms with E-state index >= 15 is 0 Å². The topological polar surface area (TPSA) is 301 Å². The fourth-order valence-corrected chi connectivity index (χ4v) is 24.6. The number of Topliss-reactive ketones (excluding diaryl/α,β-unsaturated/α-hetero) is 5. The van der Waals surface area contributed by atoms with Crippen molar-refractivity contribution in [2.45, 2.75) is 290 Å². The summed E-state index contributed by atoms with van der Waals surface area (Å²) in [4.78, 5) is 96.6. The van der Waals surface area contributed by atoms with Crippen LogP contribution in [0.15, 0.2) is 152 Å². The smallest absolute Gasteiger partial charge is 0.163 e. The van der Waals surface area contributed by atoms with Crippen LogP contribution in [0.25, 0.3) is 25.0 Å². The molecule has 0 bridgehead atoms. The molecule has 0 fully saturated rings. The summed E-state index contributed by atoms with van der Waals surface area (Å²) in [7, 11) is 0. The fourth-order valence-electron chi connectivity index (χ4n) is 18.5. The number of aryl methyl sites for hydroxylation is 12. The second kappa shape index (κ2) is 42.8. The van der Waals surface area contributed by atoms with Crippen LogP contribution in [0.5, 0.6) is 0 Å². The number of thiophene rings is 5. The molecule has 5 atom stereocenters. The van der Waals surface area contributed by atoms with Gasteiger partial charge in [0.15, 0.2) is 29.1 Å². The molecule has 20 rings (SSSR count). The lowest BCUT2D eigenvalue weighted by molar-refractivity contribution is -0.127. The fraction of sp³-hybridized carbons (Fsp3) is 0.407. The lowest BCUT2D eigenvalue weighted by atomic mass is 9.87. The van der Waals surface area contributed by atoms with Crippen LogP contribution in [0, 0.1) is 144 Å². The number of halogens is 2.